The average Bonchev–Trinajstić information content (AvgIpc) is 2.35. The molecule has 1 aromatic carbocycles. The molecule has 18 heavy (non-hydrogen) atoms. The minimum atomic E-state index is -0.154. The lowest BCUT2D eigenvalue weighted by molar-refractivity contribution is 0.0663. The minimum Gasteiger partial charge on any atom is -0.398 e. The Hall–Kier alpha value is -1.11. The van der Waals surface area contributed by atoms with E-state index in [0.29, 0.717) is 11.3 Å². The molecule has 1 aromatic rings. The van der Waals surface area contributed by atoms with Crippen LogP contribution in [0.2, 0.25) is 0 Å². The topological polar surface area (TPSA) is 61.6 Å². The fraction of sp³-hybridized carbons (Fsp3) is 0.417. The lowest BCUT2D eigenvalue weighted by atomic mass is 10.2. The van der Waals surface area contributed by atoms with Crippen LogP contribution in [-0.2, 0) is 0 Å². The zero-order chi connectivity index (χ0) is 13.1. The first kappa shape index (κ1) is 13.3. The summed E-state index contributed by atoms with van der Waals surface area (Å²) in [5.41, 5.74) is 9.69. The number of nitrogens with one attached hydrogen (secondary N) is 1. The van der Waals surface area contributed by atoms with Crippen LogP contribution in [0.1, 0.15) is 10.4 Å². The van der Waals surface area contributed by atoms with Gasteiger partial charge in [0.15, 0.2) is 0 Å². The molecule has 0 atom stereocenters. The molecule has 98 valence electrons. The Balaban J connectivity index is 2.01. The van der Waals surface area contributed by atoms with Crippen LogP contribution < -0.4 is 11.2 Å². The zero-order valence-corrected chi connectivity index (χ0v) is 11.9. The van der Waals surface area contributed by atoms with Gasteiger partial charge in [-0.3, -0.25) is 10.2 Å². The second-order valence-electron chi connectivity index (χ2n) is 4.46. The van der Waals surface area contributed by atoms with Gasteiger partial charge in [0.2, 0.25) is 0 Å². The largest absolute Gasteiger partial charge is 0.398 e. The number of nitrogen functional groups attached to an aromatic ring is 1. The van der Waals surface area contributed by atoms with Crippen molar-refractivity contribution in [3.63, 3.8) is 0 Å². The summed E-state index contributed by atoms with van der Waals surface area (Å²) in [6.45, 7) is 3.56. The number of hydrogen-bond donors (Lipinski definition) is 2. The van der Waals surface area contributed by atoms with Gasteiger partial charge in [0.25, 0.3) is 5.91 Å². The molecule has 1 aliphatic rings. The van der Waals surface area contributed by atoms with Crippen LogP contribution >= 0.6 is 15.9 Å². The second-order valence-corrected chi connectivity index (χ2v) is 5.38. The summed E-state index contributed by atoms with van der Waals surface area (Å²) in [5.74, 6) is -0.154. The number of carbonyl (C=O) groups is 1. The number of hydrogen-bond acceptors (Lipinski definition) is 4. The number of piperazine rings is 1. The fourth-order valence-corrected chi connectivity index (χ4v) is 2.21. The summed E-state index contributed by atoms with van der Waals surface area (Å²) in [4.78, 5) is 14.3. The molecular weight excluding hydrogens is 296 g/mol. The SMILES string of the molecule is CN1CCN(NC(=O)c2cc(Br)ccc2N)CC1. The van der Waals surface area contributed by atoms with Gasteiger partial charge in [0, 0.05) is 36.3 Å². The smallest absolute Gasteiger partial charge is 0.267 e. The Morgan fingerprint density at radius 3 is 2.67 bits per heavy atom. The number of rotatable bonds is 2. The van der Waals surface area contributed by atoms with Crippen LogP contribution in [0.5, 0.6) is 0 Å². The first-order chi connectivity index (χ1) is 8.56. The zero-order valence-electron chi connectivity index (χ0n) is 10.3. The highest BCUT2D eigenvalue weighted by atomic mass is 79.9. The van der Waals surface area contributed by atoms with Gasteiger partial charge >= 0.3 is 0 Å². The molecule has 1 aliphatic heterocycles. The summed E-state index contributed by atoms with van der Waals surface area (Å²) in [5, 5.41) is 1.93. The van der Waals surface area contributed by atoms with Crippen LogP contribution in [0.25, 0.3) is 0 Å². The third-order valence-electron chi connectivity index (χ3n) is 3.02. The van der Waals surface area contributed by atoms with E-state index in [2.05, 4.69) is 33.3 Å². The molecular formula is C12H17BrN4O. The maximum absolute atomic E-state index is 12.1. The Bertz CT molecular complexity index is 444. The monoisotopic (exact) mass is 312 g/mol. The molecule has 1 amide bonds. The summed E-state index contributed by atoms with van der Waals surface area (Å²) in [7, 11) is 2.07. The van der Waals surface area contributed by atoms with Crippen LogP contribution in [0, 0.1) is 0 Å². The van der Waals surface area contributed by atoms with E-state index < -0.39 is 0 Å². The van der Waals surface area contributed by atoms with Gasteiger partial charge in [-0.15, -0.1) is 0 Å². The van der Waals surface area contributed by atoms with Crippen molar-refractivity contribution in [2.75, 3.05) is 39.0 Å². The van der Waals surface area contributed by atoms with E-state index in [4.69, 9.17) is 5.73 Å². The van der Waals surface area contributed by atoms with Gasteiger partial charge in [-0.05, 0) is 25.2 Å². The molecule has 3 N–H and O–H groups in total. The molecule has 0 radical (unpaired) electrons. The first-order valence-corrected chi connectivity index (χ1v) is 6.65. The van der Waals surface area contributed by atoms with Crippen molar-refractivity contribution in [3.05, 3.63) is 28.2 Å². The number of likely N-dealkylation sites (N-methyl/N-ethyl adjacent to an activating group) is 1. The normalized spacial score (nSPS) is 17.7. The van der Waals surface area contributed by atoms with Crippen LogP contribution in [0.15, 0.2) is 22.7 Å². The van der Waals surface area contributed by atoms with Gasteiger partial charge in [-0.25, -0.2) is 5.01 Å². The van der Waals surface area contributed by atoms with Gasteiger partial charge in [0.05, 0.1) is 5.56 Å². The molecule has 0 saturated carbocycles. The van der Waals surface area contributed by atoms with Crippen LogP contribution in [-0.4, -0.2) is 49.0 Å². The van der Waals surface area contributed by atoms with Crippen molar-refractivity contribution in [2.24, 2.45) is 0 Å². The Morgan fingerprint density at radius 2 is 2.00 bits per heavy atom. The van der Waals surface area contributed by atoms with E-state index in [-0.39, 0.29) is 5.91 Å². The predicted octanol–water partition coefficient (Wildman–Crippen LogP) is 0.923. The van der Waals surface area contributed by atoms with E-state index in [1.165, 1.54) is 0 Å². The number of carbonyl (C=O) groups excluding carboxylic acids is 1. The quantitative estimate of drug-likeness (QED) is 0.797. The summed E-state index contributed by atoms with van der Waals surface area (Å²) >= 11 is 3.34. The van der Waals surface area contributed by atoms with E-state index in [1.807, 2.05) is 11.1 Å². The predicted molar refractivity (Wildman–Crippen MR) is 75.1 cm³/mol. The van der Waals surface area contributed by atoms with E-state index in [0.717, 1.165) is 30.7 Å². The number of amides is 1. The molecule has 2 rings (SSSR count). The van der Waals surface area contributed by atoms with Crippen molar-refractivity contribution in [1.82, 2.24) is 15.3 Å². The second kappa shape index (κ2) is 5.69. The molecule has 1 saturated heterocycles. The highest BCUT2D eigenvalue weighted by Gasteiger charge is 2.17. The molecule has 0 bridgehead atoms. The number of nitrogens with zero attached hydrogens (tertiary/aromatic N) is 2. The Labute approximate surface area is 115 Å². The van der Waals surface area contributed by atoms with E-state index in [9.17, 15) is 4.79 Å². The van der Waals surface area contributed by atoms with Crippen LogP contribution in [0.3, 0.4) is 0 Å². The molecule has 1 heterocycles. The summed E-state index contributed by atoms with van der Waals surface area (Å²) < 4.78 is 0.847. The Kier molecular flexibility index (Phi) is 4.21. The molecule has 6 heteroatoms. The first-order valence-electron chi connectivity index (χ1n) is 5.86. The number of benzene rings is 1. The number of halogens is 1. The lowest BCUT2D eigenvalue weighted by Gasteiger charge is -2.32. The van der Waals surface area contributed by atoms with Gasteiger partial charge < -0.3 is 10.6 Å². The maximum atomic E-state index is 12.1. The van der Waals surface area contributed by atoms with Crippen molar-refractivity contribution in [3.8, 4) is 0 Å². The average molecular weight is 313 g/mol. The van der Waals surface area contributed by atoms with Crippen molar-refractivity contribution >= 4 is 27.5 Å². The van der Waals surface area contributed by atoms with E-state index in [1.54, 1.807) is 12.1 Å². The molecule has 0 aliphatic carbocycles. The highest BCUT2D eigenvalue weighted by Crippen LogP contribution is 2.18. The maximum Gasteiger partial charge on any atom is 0.267 e. The van der Waals surface area contributed by atoms with Crippen molar-refractivity contribution in [2.45, 2.75) is 0 Å². The fourth-order valence-electron chi connectivity index (χ4n) is 1.85. The molecule has 0 unspecified atom stereocenters. The molecule has 0 spiro atoms. The third kappa shape index (κ3) is 3.22. The number of anilines is 1. The highest BCUT2D eigenvalue weighted by molar-refractivity contribution is 9.10. The van der Waals surface area contributed by atoms with Crippen molar-refractivity contribution in [1.29, 1.82) is 0 Å². The van der Waals surface area contributed by atoms with Gasteiger partial charge in [0.1, 0.15) is 0 Å². The number of nitrogens with two attached hydrogens (primary N) is 1. The minimum absolute atomic E-state index is 0.154. The third-order valence-corrected chi connectivity index (χ3v) is 3.52. The summed E-state index contributed by atoms with van der Waals surface area (Å²) in [6.07, 6.45) is 0. The standard InChI is InChI=1S/C12H17BrN4O/c1-16-4-6-17(7-5-16)15-12(18)10-8-9(13)2-3-11(10)14/h2-3,8H,4-7,14H2,1H3,(H,15,18). The number of hydrazine groups is 1. The van der Waals surface area contributed by atoms with Crippen molar-refractivity contribution < 1.29 is 4.79 Å². The van der Waals surface area contributed by atoms with Gasteiger partial charge in [-0.2, -0.15) is 0 Å². The van der Waals surface area contributed by atoms with Gasteiger partial charge in [-0.1, -0.05) is 15.9 Å². The Morgan fingerprint density at radius 1 is 1.33 bits per heavy atom. The molecule has 5 nitrogen and oxygen atoms in total. The van der Waals surface area contributed by atoms with Crippen LogP contribution in [0.4, 0.5) is 5.69 Å². The van der Waals surface area contributed by atoms with E-state index >= 15 is 0 Å². The molecule has 0 aromatic heterocycles. The summed E-state index contributed by atoms with van der Waals surface area (Å²) in [6, 6.07) is 5.28. The lowest BCUT2D eigenvalue weighted by Crippen LogP contribution is -2.52. The molecule has 1 fully saturated rings.